The summed E-state index contributed by atoms with van der Waals surface area (Å²) >= 11 is 6.30. The second kappa shape index (κ2) is 9.79. The number of benzene rings is 2. The van der Waals surface area contributed by atoms with Crippen LogP contribution in [0, 0.1) is 0 Å². The Hall–Kier alpha value is -2.49. The lowest BCUT2D eigenvalue weighted by atomic mass is 10.1. The Balaban J connectivity index is 1.70. The quantitative estimate of drug-likeness (QED) is 0.627. The molecule has 2 aliphatic heterocycles. The third-order valence-electron chi connectivity index (χ3n) is 5.87. The molecule has 0 unspecified atom stereocenters. The molecule has 2 aliphatic rings. The lowest BCUT2D eigenvalue weighted by molar-refractivity contribution is 0.102. The van der Waals surface area contributed by atoms with Gasteiger partial charge in [0.25, 0.3) is 5.91 Å². The fourth-order valence-electron chi connectivity index (χ4n) is 4.16. The van der Waals surface area contributed by atoms with Crippen LogP contribution in [0.5, 0.6) is 11.5 Å². The summed E-state index contributed by atoms with van der Waals surface area (Å²) in [6, 6.07) is 8.03. The van der Waals surface area contributed by atoms with Gasteiger partial charge in [-0.3, -0.25) is 4.79 Å². The van der Waals surface area contributed by atoms with Crippen molar-refractivity contribution in [3.05, 3.63) is 40.9 Å². The molecule has 33 heavy (non-hydrogen) atoms. The molecule has 178 valence electrons. The smallest absolute Gasteiger partial charge is 0.255 e. The first-order valence-corrected chi connectivity index (χ1v) is 13.0. The molecule has 2 heterocycles. The van der Waals surface area contributed by atoms with Crippen molar-refractivity contribution < 1.29 is 22.7 Å². The van der Waals surface area contributed by atoms with Crippen LogP contribution in [0.15, 0.2) is 35.2 Å². The monoisotopic (exact) mass is 493 g/mol. The number of ether oxygens (including phenoxy) is 2. The highest BCUT2D eigenvalue weighted by Crippen LogP contribution is 2.39. The number of hydrogen-bond donors (Lipinski definition) is 1. The van der Waals surface area contributed by atoms with Gasteiger partial charge in [-0.15, -0.1) is 0 Å². The van der Waals surface area contributed by atoms with E-state index in [2.05, 4.69) is 10.2 Å². The van der Waals surface area contributed by atoms with Crippen LogP contribution in [0.2, 0.25) is 5.02 Å². The van der Waals surface area contributed by atoms with Crippen molar-refractivity contribution in [2.45, 2.75) is 31.6 Å². The minimum absolute atomic E-state index is 0.143. The van der Waals surface area contributed by atoms with E-state index in [9.17, 15) is 13.2 Å². The van der Waals surface area contributed by atoms with Gasteiger partial charge in [0.2, 0.25) is 10.0 Å². The van der Waals surface area contributed by atoms with Gasteiger partial charge in [-0.25, -0.2) is 8.42 Å². The second-order valence-electron chi connectivity index (χ2n) is 7.90. The topological polar surface area (TPSA) is 88.2 Å². The maximum absolute atomic E-state index is 13.2. The van der Waals surface area contributed by atoms with Gasteiger partial charge < -0.3 is 19.7 Å². The summed E-state index contributed by atoms with van der Waals surface area (Å²) in [7, 11) is -3.68. The summed E-state index contributed by atoms with van der Waals surface area (Å²) in [5.41, 5.74) is 1.54. The first kappa shape index (κ1) is 23.7. The van der Waals surface area contributed by atoms with Crippen LogP contribution in [0.25, 0.3) is 0 Å². The number of nitrogens with zero attached hydrogens (tertiary/aromatic N) is 2. The molecule has 0 saturated carbocycles. The van der Waals surface area contributed by atoms with Crippen molar-refractivity contribution in [1.82, 2.24) is 4.31 Å². The van der Waals surface area contributed by atoms with E-state index in [1.807, 2.05) is 0 Å². The van der Waals surface area contributed by atoms with Crippen molar-refractivity contribution in [1.29, 1.82) is 0 Å². The van der Waals surface area contributed by atoms with Crippen LogP contribution in [0.1, 0.15) is 37.0 Å². The molecule has 0 aromatic heterocycles. The summed E-state index contributed by atoms with van der Waals surface area (Å²) in [6.45, 7) is 6.79. The second-order valence-corrected chi connectivity index (χ2v) is 10.2. The summed E-state index contributed by atoms with van der Waals surface area (Å²) < 4.78 is 38.7. The van der Waals surface area contributed by atoms with Crippen molar-refractivity contribution >= 4 is 38.9 Å². The van der Waals surface area contributed by atoms with Gasteiger partial charge >= 0.3 is 0 Å². The molecular formula is C23H28ClN3O5S. The highest BCUT2D eigenvalue weighted by Gasteiger charge is 2.26. The first-order chi connectivity index (χ1) is 15.8. The maximum Gasteiger partial charge on any atom is 0.255 e. The van der Waals surface area contributed by atoms with Gasteiger partial charge in [0, 0.05) is 31.7 Å². The van der Waals surface area contributed by atoms with E-state index in [1.54, 1.807) is 38.1 Å². The van der Waals surface area contributed by atoms with E-state index in [4.69, 9.17) is 21.1 Å². The largest absolute Gasteiger partial charge is 0.486 e. The minimum Gasteiger partial charge on any atom is -0.486 e. The molecule has 8 nitrogen and oxygen atoms in total. The Morgan fingerprint density at radius 2 is 1.79 bits per heavy atom. The normalized spacial score (nSPS) is 15.7. The number of halogens is 1. The average Bonchev–Trinajstić information content (AvgIpc) is 3.34. The molecule has 2 aromatic carbocycles. The molecule has 1 amide bonds. The number of nitrogens with one attached hydrogen (secondary N) is 1. The van der Waals surface area contributed by atoms with E-state index in [0.29, 0.717) is 49.1 Å². The van der Waals surface area contributed by atoms with Crippen LogP contribution in [-0.2, 0) is 10.0 Å². The first-order valence-electron chi connectivity index (χ1n) is 11.1. The van der Waals surface area contributed by atoms with Gasteiger partial charge in [0.15, 0.2) is 11.5 Å². The fraction of sp³-hybridized carbons (Fsp3) is 0.435. The van der Waals surface area contributed by atoms with Gasteiger partial charge in [0.05, 0.1) is 21.3 Å². The SMILES string of the molecule is CCN(CC)S(=O)(=O)c1ccc(N2CCCC2)c(NC(=O)c2cc(Cl)c3c(c2)OCCO3)c1. The molecular weight excluding hydrogens is 466 g/mol. The average molecular weight is 494 g/mol. The van der Waals surface area contributed by atoms with Crippen LogP contribution < -0.4 is 19.7 Å². The van der Waals surface area contributed by atoms with Crippen LogP contribution in [0.3, 0.4) is 0 Å². The molecule has 0 radical (unpaired) electrons. The summed E-state index contributed by atoms with van der Waals surface area (Å²) in [5, 5.41) is 3.19. The summed E-state index contributed by atoms with van der Waals surface area (Å²) in [4.78, 5) is 15.5. The van der Waals surface area contributed by atoms with E-state index < -0.39 is 15.9 Å². The summed E-state index contributed by atoms with van der Waals surface area (Å²) in [5.74, 6) is 0.424. The number of carbonyl (C=O) groups is 1. The highest BCUT2D eigenvalue weighted by molar-refractivity contribution is 7.89. The Kier molecular flexibility index (Phi) is 7.02. The van der Waals surface area contributed by atoms with Crippen LogP contribution >= 0.6 is 11.6 Å². The van der Waals surface area contributed by atoms with Crippen molar-refractivity contribution in [2.75, 3.05) is 49.6 Å². The molecule has 1 N–H and O–H groups in total. The standard InChI is InChI=1S/C23H28ClN3O5S/c1-3-27(4-2)33(29,30)17-7-8-20(26-9-5-6-10-26)19(15-17)25-23(28)16-13-18(24)22-21(14-16)31-11-12-32-22/h7-8,13-15H,3-6,9-12H2,1-2H3,(H,25,28). The minimum atomic E-state index is -3.68. The number of fused-ring (bicyclic) bond motifs is 1. The molecule has 0 aliphatic carbocycles. The Labute approximate surface area is 199 Å². The molecule has 1 saturated heterocycles. The zero-order valence-electron chi connectivity index (χ0n) is 18.8. The summed E-state index contributed by atoms with van der Waals surface area (Å²) in [6.07, 6.45) is 2.09. The van der Waals surface area contributed by atoms with Crippen LogP contribution in [0.4, 0.5) is 11.4 Å². The van der Waals surface area contributed by atoms with Crippen molar-refractivity contribution in [2.24, 2.45) is 0 Å². The van der Waals surface area contributed by atoms with E-state index >= 15 is 0 Å². The number of rotatable bonds is 7. The predicted octanol–water partition coefficient (Wildman–Crippen LogP) is 3.99. The lowest BCUT2D eigenvalue weighted by Crippen LogP contribution is -2.31. The highest BCUT2D eigenvalue weighted by atomic mass is 35.5. The number of sulfonamides is 1. The zero-order valence-corrected chi connectivity index (χ0v) is 20.3. The molecule has 0 bridgehead atoms. The lowest BCUT2D eigenvalue weighted by Gasteiger charge is -2.24. The Morgan fingerprint density at radius 3 is 2.48 bits per heavy atom. The predicted molar refractivity (Wildman–Crippen MR) is 128 cm³/mol. The van der Waals surface area contributed by atoms with Gasteiger partial charge in [-0.05, 0) is 43.2 Å². The molecule has 0 spiro atoms. The number of amides is 1. The van der Waals surface area contributed by atoms with Crippen LogP contribution in [-0.4, -0.2) is 58.0 Å². The molecule has 4 rings (SSSR count). The number of carbonyl (C=O) groups excluding carboxylic acids is 1. The molecule has 1 fully saturated rings. The van der Waals surface area contributed by atoms with E-state index in [0.717, 1.165) is 31.6 Å². The third-order valence-corrected chi connectivity index (χ3v) is 8.19. The van der Waals surface area contributed by atoms with Gasteiger partial charge in [0.1, 0.15) is 13.2 Å². The van der Waals surface area contributed by atoms with E-state index in [1.165, 1.54) is 10.4 Å². The maximum atomic E-state index is 13.2. The Morgan fingerprint density at radius 1 is 1.09 bits per heavy atom. The Bertz CT molecular complexity index is 1150. The molecule has 10 heteroatoms. The third kappa shape index (κ3) is 4.76. The zero-order chi connectivity index (χ0) is 23.6. The van der Waals surface area contributed by atoms with Gasteiger partial charge in [-0.2, -0.15) is 4.31 Å². The van der Waals surface area contributed by atoms with Crippen molar-refractivity contribution in [3.8, 4) is 11.5 Å². The molecule has 0 atom stereocenters. The van der Waals surface area contributed by atoms with Crippen molar-refractivity contribution in [3.63, 3.8) is 0 Å². The fourth-order valence-corrected chi connectivity index (χ4v) is 5.91. The molecule has 2 aromatic rings. The van der Waals surface area contributed by atoms with E-state index in [-0.39, 0.29) is 9.92 Å². The van der Waals surface area contributed by atoms with Gasteiger partial charge in [-0.1, -0.05) is 25.4 Å². The number of anilines is 2. The number of hydrogen-bond acceptors (Lipinski definition) is 6.